The van der Waals surface area contributed by atoms with Crippen LogP contribution in [0, 0.1) is 0 Å². The maximum Gasteiger partial charge on any atom is 0.251 e. The van der Waals surface area contributed by atoms with Crippen molar-refractivity contribution < 1.29 is 14.1 Å². The molecule has 3 aromatic rings. The highest BCUT2D eigenvalue weighted by atomic mass is 16.5. The van der Waals surface area contributed by atoms with Gasteiger partial charge in [-0.05, 0) is 43.2 Å². The molecule has 140 valence electrons. The van der Waals surface area contributed by atoms with Gasteiger partial charge in [-0.15, -0.1) is 0 Å². The second-order valence-electron chi connectivity index (χ2n) is 6.56. The van der Waals surface area contributed by atoms with E-state index < -0.39 is 0 Å². The minimum absolute atomic E-state index is 0.0853. The van der Waals surface area contributed by atoms with Crippen LogP contribution in [-0.4, -0.2) is 23.0 Å². The van der Waals surface area contributed by atoms with Crippen LogP contribution in [-0.2, 0) is 17.8 Å². The summed E-state index contributed by atoms with van der Waals surface area (Å²) in [5.41, 5.74) is 2.83. The van der Waals surface area contributed by atoms with Gasteiger partial charge < -0.3 is 15.2 Å². The van der Waals surface area contributed by atoms with Crippen molar-refractivity contribution in [2.45, 2.75) is 39.3 Å². The van der Waals surface area contributed by atoms with E-state index in [1.165, 1.54) is 0 Å². The van der Waals surface area contributed by atoms with Crippen LogP contribution in [0.25, 0.3) is 11.0 Å². The molecule has 27 heavy (non-hydrogen) atoms. The first-order valence-electron chi connectivity index (χ1n) is 9.06. The van der Waals surface area contributed by atoms with Gasteiger partial charge in [0, 0.05) is 23.5 Å². The topological polar surface area (TPSA) is 84.2 Å². The van der Waals surface area contributed by atoms with Crippen molar-refractivity contribution in [3.63, 3.8) is 0 Å². The Balaban J connectivity index is 1.53. The normalized spacial score (nSPS) is 11.9. The van der Waals surface area contributed by atoms with E-state index in [2.05, 4.69) is 15.8 Å². The van der Waals surface area contributed by atoms with Crippen LogP contribution >= 0.6 is 0 Å². The van der Waals surface area contributed by atoms with Crippen LogP contribution < -0.4 is 10.6 Å². The molecule has 0 radical (unpaired) electrons. The Bertz CT molecular complexity index is 931. The highest BCUT2D eigenvalue weighted by Gasteiger charge is 2.12. The number of hydrogen-bond acceptors (Lipinski definition) is 4. The summed E-state index contributed by atoms with van der Waals surface area (Å²) in [5, 5.41) is 10.6. The van der Waals surface area contributed by atoms with Gasteiger partial charge in [-0.2, -0.15) is 0 Å². The zero-order valence-corrected chi connectivity index (χ0v) is 15.5. The predicted octanol–water partition coefficient (Wildman–Crippen LogP) is 3.22. The molecule has 0 aliphatic carbocycles. The molecule has 2 amide bonds. The van der Waals surface area contributed by atoms with Gasteiger partial charge >= 0.3 is 0 Å². The Labute approximate surface area is 157 Å². The summed E-state index contributed by atoms with van der Waals surface area (Å²) in [5.74, 6) is -0.217. The molecule has 0 unspecified atom stereocenters. The van der Waals surface area contributed by atoms with Crippen molar-refractivity contribution in [2.24, 2.45) is 0 Å². The molecule has 2 N–H and O–H groups in total. The maximum absolute atomic E-state index is 12.2. The summed E-state index contributed by atoms with van der Waals surface area (Å²) in [6.45, 7) is 4.39. The van der Waals surface area contributed by atoms with E-state index in [0.717, 1.165) is 17.4 Å². The summed E-state index contributed by atoms with van der Waals surface area (Å²) in [4.78, 5) is 24.3. The fourth-order valence-electron chi connectivity index (χ4n) is 2.66. The van der Waals surface area contributed by atoms with Gasteiger partial charge in [0.15, 0.2) is 5.58 Å². The van der Waals surface area contributed by atoms with E-state index in [-0.39, 0.29) is 24.3 Å². The van der Waals surface area contributed by atoms with Gasteiger partial charge in [0.2, 0.25) is 5.91 Å². The summed E-state index contributed by atoms with van der Waals surface area (Å²) in [6, 6.07) is 14.8. The Morgan fingerprint density at radius 3 is 2.59 bits per heavy atom. The summed E-state index contributed by atoms with van der Waals surface area (Å²) in [6.07, 6.45) is 1.04. The quantitative estimate of drug-likeness (QED) is 0.673. The molecule has 1 aromatic heterocycles. The van der Waals surface area contributed by atoms with E-state index >= 15 is 0 Å². The Hall–Kier alpha value is -3.15. The van der Waals surface area contributed by atoms with E-state index in [1.807, 2.05) is 50.2 Å². The molecule has 0 aliphatic heterocycles. The molecule has 0 fully saturated rings. The predicted molar refractivity (Wildman–Crippen MR) is 103 cm³/mol. The number of rotatable bonds is 7. The number of hydrogen-bond donors (Lipinski definition) is 2. The van der Waals surface area contributed by atoms with E-state index in [4.69, 9.17) is 4.52 Å². The molecule has 3 rings (SSSR count). The zero-order chi connectivity index (χ0) is 19.2. The molecule has 0 saturated carbocycles. The monoisotopic (exact) mass is 365 g/mol. The fourth-order valence-corrected chi connectivity index (χ4v) is 2.66. The molecule has 1 heterocycles. The third-order valence-electron chi connectivity index (χ3n) is 4.48. The number of nitrogens with zero attached hydrogens (tertiary/aromatic N) is 1. The molecular weight excluding hydrogens is 342 g/mol. The summed E-state index contributed by atoms with van der Waals surface area (Å²) in [7, 11) is 0. The molecule has 1 atom stereocenters. The average Bonchev–Trinajstić information content (AvgIpc) is 3.09. The van der Waals surface area contributed by atoms with Crippen LogP contribution in [0.15, 0.2) is 53.1 Å². The number of carbonyl (C=O) groups excluding carboxylic acids is 2. The van der Waals surface area contributed by atoms with Crippen LogP contribution in [0.1, 0.15) is 41.9 Å². The maximum atomic E-state index is 12.2. The van der Waals surface area contributed by atoms with Gasteiger partial charge in [0.1, 0.15) is 5.69 Å². The number of amides is 2. The number of benzene rings is 2. The number of aromatic nitrogens is 1. The first-order valence-corrected chi connectivity index (χ1v) is 9.06. The van der Waals surface area contributed by atoms with Crippen LogP contribution in [0.4, 0.5) is 0 Å². The van der Waals surface area contributed by atoms with Crippen molar-refractivity contribution in [2.75, 3.05) is 0 Å². The second-order valence-corrected chi connectivity index (χ2v) is 6.56. The third kappa shape index (κ3) is 4.73. The van der Waals surface area contributed by atoms with Gasteiger partial charge in [0.25, 0.3) is 5.91 Å². The third-order valence-corrected chi connectivity index (χ3v) is 4.48. The first kappa shape index (κ1) is 18.6. The van der Waals surface area contributed by atoms with Crippen molar-refractivity contribution in [3.05, 3.63) is 65.4 Å². The molecule has 0 aliphatic rings. The Morgan fingerprint density at radius 1 is 1.11 bits per heavy atom. The largest absolute Gasteiger partial charge is 0.356 e. The minimum Gasteiger partial charge on any atom is -0.356 e. The molecule has 0 bridgehead atoms. The lowest BCUT2D eigenvalue weighted by Gasteiger charge is -2.11. The number of carbonyl (C=O) groups is 2. The number of para-hydroxylation sites is 1. The van der Waals surface area contributed by atoms with Crippen molar-refractivity contribution in [3.8, 4) is 0 Å². The van der Waals surface area contributed by atoms with Gasteiger partial charge in [-0.1, -0.05) is 36.3 Å². The van der Waals surface area contributed by atoms with Crippen LogP contribution in [0.2, 0.25) is 0 Å². The number of nitrogens with one attached hydrogen (secondary N) is 2. The fraction of sp³-hybridized carbons (Fsp3) is 0.286. The summed E-state index contributed by atoms with van der Waals surface area (Å²) >= 11 is 0. The van der Waals surface area contributed by atoms with E-state index in [9.17, 15) is 9.59 Å². The lowest BCUT2D eigenvalue weighted by atomic mass is 10.1. The number of fused-ring (bicyclic) bond motifs is 1. The van der Waals surface area contributed by atoms with Crippen molar-refractivity contribution >= 4 is 22.8 Å². The van der Waals surface area contributed by atoms with Crippen LogP contribution in [0.5, 0.6) is 0 Å². The van der Waals surface area contributed by atoms with Crippen LogP contribution in [0.3, 0.4) is 0 Å². The average molecular weight is 365 g/mol. The lowest BCUT2D eigenvalue weighted by Crippen LogP contribution is -2.31. The van der Waals surface area contributed by atoms with Gasteiger partial charge in [-0.25, -0.2) is 0 Å². The van der Waals surface area contributed by atoms with Crippen molar-refractivity contribution in [1.29, 1.82) is 0 Å². The highest BCUT2D eigenvalue weighted by molar-refractivity contribution is 5.94. The van der Waals surface area contributed by atoms with Gasteiger partial charge in [-0.3, -0.25) is 9.59 Å². The van der Waals surface area contributed by atoms with Crippen molar-refractivity contribution in [1.82, 2.24) is 15.8 Å². The molecule has 0 spiro atoms. The smallest absolute Gasteiger partial charge is 0.251 e. The molecule has 2 aromatic carbocycles. The highest BCUT2D eigenvalue weighted by Crippen LogP contribution is 2.18. The summed E-state index contributed by atoms with van der Waals surface area (Å²) < 4.78 is 5.22. The van der Waals surface area contributed by atoms with E-state index in [1.54, 1.807) is 12.1 Å². The van der Waals surface area contributed by atoms with Gasteiger partial charge in [0.05, 0.1) is 6.42 Å². The SMILES string of the molecule is CC[C@H](C)NC(=O)c1ccc(CNC(=O)Cc2noc3ccccc23)cc1. The van der Waals surface area contributed by atoms with E-state index in [0.29, 0.717) is 23.4 Å². The molecule has 6 nitrogen and oxygen atoms in total. The molecule has 0 saturated heterocycles. The first-order chi connectivity index (χ1) is 13.1. The Kier molecular flexibility index (Phi) is 5.86. The Morgan fingerprint density at radius 2 is 1.85 bits per heavy atom. The molecular formula is C21H23N3O3. The second kappa shape index (κ2) is 8.49. The zero-order valence-electron chi connectivity index (χ0n) is 15.5. The minimum atomic E-state index is -0.132. The lowest BCUT2D eigenvalue weighted by molar-refractivity contribution is -0.120. The molecule has 6 heteroatoms. The standard InChI is InChI=1S/C21H23N3O3/c1-3-14(2)23-21(26)16-10-8-15(9-11-16)13-22-20(25)12-18-17-6-4-5-7-19(17)27-24-18/h4-11,14H,3,12-13H2,1-2H3,(H,22,25)(H,23,26)/t14-/m0/s1.